The molecule has 0 unspecified atom stereocenters. The number of aromatic nitrogens is 1. The molecule has 8 heteroatoms. The normalized spacial score (nSPS) is 21.1. The van der Waals surface area contributed by atoms with Crippen LogP contribution in [0, 0.1) is 0 Å². The van der Waals surface area contributed by atoms with Crippen molar-refractivity contribution in [3.8, 4) is 11.5 Å². The third-order valence-corrected chi connectivity index (χ3v) is 7.64. The Morgan fingerprint density at radius 1 is 1.06 bits per heavy atom. The second-order valence-electron chi connectivity index (χ2n) is 9.39. The number of hydrogen-bond donors (Lipinski definition) is 1. The second kappa shape index (κ2) is 8.61. The summed E-state index contributed by atoms with van der Waals surface area (Å²) in [7, 11) is 0. The molecule has 6 rings (SSSR count). The molecule has 0 radical (unpaired) electrons. The molecule has 1 N–H and O–H groups in total. The Labute approximate surface area is 204 Å². The first kappa shape index (κ1) is 22.0. The second-order valence-corrected chi connectivity index (χ2v) is 9.39. The van der Waals surface area contributed by atoms with Crippen molar-refractivity contribution in [3.05, 3.63) is 59.3 Å². The minimum absolute atomic E-state index is 0.0263. The number of nitrogens with zero attached hydrogens (tertiary/aromatic N) is 3. The van der Waals surface area contributed by atoms with Gasteiger partial charge in [-0.25, -0.2) is 0 Å². The number of aromatic amines is 1. The summed E-state index contributed by atoms with van der Waals surface area (Å²) < 4.78 is 11.1. The Morgan fingerprint density at radius 3 is 2.69 bits per heavy atom. The van der Waals surface area contributed by atoms with Gasteiger partial charge in [-0.3, -0.25) is 9.59 Å². The quantitative estimate of drug-likeness (QED) is 0.595. The Bertz CT molecular complexity index is 1300. The van der Waals surface area contributed by atoms with Gasteiger partial charge in [0.05, 0.1) is 12.6 Å². The maximum Gasteiger partial charge on any atom is 0.246 e. The predicted octanol–water partition coefficient (Wildman–Crippen LogP) is 2.92. The number of para-hydroxylation sites is 1. The highest BCUT2D eigenvalue weighted by molar-refractivity contribution is 5.97. The molecule has 0 aliphatic carbocycles. The van der Waals surface area contributed by atoms with Crippen molar-refractivity contribution in [2.75, 3.05) is 39.5 Å². The van der Waals surface area contributed by atoms with Crippen LogP contribution in [0.2, 0.25) is 0 Å². The first-order chi connectivity index (χ1) is 17.1. The standard InChI is InChI=1S/C27H30N4O4/c1-3-29(4-2)11-12-30-15-24(32)31-21(27(30)33)14-19-18-7-5-6-8-20(18)28-25(19)26(31)17-9-10-22-23(13-17)35-16-34-22/h5-10,13,21,26,28H,3-4,11-12,14-16H2,1-2H3/t21-,26+/m1/s1. The summed E-state index contributed by atoms with van der Waals surface area (Å²) in [6.07, 6.45) is 0.507. The third kappa shape index (κ3) is 3.55. The van der Waals surface area contributed by atoms with Crippen molar-refractivity contribution in [2.24, 2.45) is 0 Å². The summed E-state index contributed by atoms with van der Waals surface area (Å²) in [5.74, 6) is 1.36. The third-order valence-electron chi connectivity index (χ3n) is 7.64. The molecule has 8 nitrogen and oxygen atoms in total. The van der Waals surface area contributed by atoms with Crippen LogP contribution in [-0.4, -0.2) is 77.1 Å². The Kier molecular flexibility index (Phi) is 5.40. The minimum Gasteiger partial charge on any atom is -0.454 e. The van der Waals surface area contributed by atoms with E-state index >= 15 is 0 Å². The van der Waals surface area contributed by atoms with Crippen LogP contribution in [0.25, 0.3) is 10.9 Å². The molecule has 3 aliphatic heterocycles. The Balaban J connectivity index is 1.42. The highest BCUT2D eigenvalue weighted by atomic mass is 16.7. The van der Waals surface area contributed by atoms with E-state index in [1.54, 1.807) is 9.80 Å². The number of amides is 2. The van der Waals surface area contributed by atoms with Crippen molar-refractivity contribution in [3.63, 3.8) is 0 Å². The number of nitrogens with one attached hydrogen (secondary N) is 1. The summed E-state index contributed by atoms with van der Waals surface area (Å²) in [5, 5.41) is 1.11. The van der Waals surface area contributed by atoms with Gasteiger partial charge in [0.1, 0.15) is 6.04 Å². The monoisotopic (exact) mass is 474 g/mol. The van der Waals surface area contributed by atoms with Crippen molar-refractivity contribution < 1.29 is 19.1 Å². The van der Waals surface area contributed by atoms with E-state index in [4.69, 9.17) is 9.47 Å². The molecule has 4 heterocycles. The number of carbonyl (C=O) groups is 2. The topological polar surface area (TPSA) is 78.1 Å². The van der Waals surface area contributed by atoms with Crippen LogP contribution in [0.5, 0.6) is 11.5 Å². The van der Waals surface area contributed by atoms with Crippen molar-refractivity contribution in [2.45, 2.75) is 32.4 Å². The lowest BCUT2D eigenvalue weighted by Gasteiger charge is -2.47. The number of H-pyrrole nitrogens is 1. The first-order valence-corrected chi connectivity index (χ1v) is 12.4. The number of likely N-dealkylation sites (N-methyl/N-ethyl adjacent to an activating group) is 1. The Morgan fingerprint density at radius 2 is 1.86 bits per heavy atom. The number of hydrogen-bond acceptors (Lipinski definition) is 5. The van der Waals surface area contributed by atoms with Gasteiger partial charge in [0, 0.05) is 36.1 Å². The summed E-state index contributed by atoms with van der Waals surface area (Å²) in [6, 6.07) is 13.0. The molecular formula is C27H30N4O4. The molecule has 2 aromatic carbocycles. The van der Waals surface area contributed by atoms with Gasteiger partial charge in [-0.2, -0.15) is 0 Å². The average molecular weight is 475 g/mol. The van der Waals surface area contributed by atoms with E-state index in [1.165, 1.54) is 0 Å². The first-order valence-electron chi connectivity index (χ1n) is 12.4. The van der Waals surface area contributed by atoms with Crippen molar-refractivity contribution in [1.82, 2.24) is 19.7 Å². The lowest BCUT2D eigenvalue weighted by atomic mass is 9.86. The summed E-state index contributed by atoms with van der Waals surface area (Å²) in [6.45, 7) is 7.70. The van der Waals surface area contributed by atoms with Gasteiger partial charge in [-0.15, -0.1) is 0 Å². The highest BCUT2D eigenvalue weighted by Crippen LogP contribution is 2.44. The van der Waals surface area contributed by atoms with Crippen LogP contribution < -0.4 is 9.47 Å². The van der Waals surface area contributed by atoms with Crippen molar-refractivity contribution >= 4 is 22.7 Å². The molecule has 2 atom stereocenters. The van der Waals surface area contributed by atoms with Crippen LogP contribution >= 0.6 is 0 Å². The number of benzene rings is 2. The zero-order valence-electron chi connectivity index (χ0n) is 20.1. The van der Waals surface area contributed by atoms with Gasteiger partial charge in [0.15, 0.2) is 11.5 Å². The highest BCUT2D eigenvalue weighted by Gasteiger charge is 2.48. The van der Waals surface area contributed by atoms with E-state index < -0.39 is 12.1 Å². The average Bonchev–Trinajstić information content (AvgIpc) is 3.50. The number of piperazine rings is 1. The van der Waals surface area contributed by atoms with E-state index in [9.17, 15) is 9.59 Å². The van der Waals surface area contributed by atoms with Gasteiger partial charge in [0.25, 0.3) is 0 Å². The van der Waals surface area contributed by atoms with Crippen LogP contribution in [0.15, 0.2) is 42.5 Å². The van der Waals surface area contributed by atoms with Crippen molar-refractivity contribution in [1.29, 1.82) is 0 Å². The smallest absolute Gasteiger partial charge is 0.246 e. The maximum atomic E-state index is 13.8. The number of ether oxygens (including phenoxy) is 2. The maximum absolute atomic E-state index is 13.8. The van der Waals surface area contributed by atoms with E-state index in [0.717, 1.165) is 47.4 Å². The zero-order valence-corrected chi connectivity index (χ0v) is 20.1. The molecule has 3 aliphatic rings. The predicted molar refractivity (Wildman–Crippen MR) is 131 cm³/mol. The number of rotatable bonds is 6. The van der Waals surface area contributed by atoms with Crippen LogP contribution in [0.4, 0.5) is 0 Å². The van der Waals surface area contributed by atoms with E-state index in [2.05, 4.69) is 29.8 Å². The zero-order chi connectivity index (χ0) is 24.1. The van der Waals surface area contributed by atoms with Gasteiger partial charge < -0.3 is 29.2 Å². The van der Waals surface area contributed by atoms with E-state index in [-0.39, 0.29) is 25.2 Å². The molecule has 1 saturated heterocycles. The Hall–Kier alpha value is -3.52. The molecule has 0 saturated carbocycles. The fraction of sp³-hybridized carbons (Fsp3) is 0.407. The number of carbonyl (C=O) groups excluding carboxylic acids is 2. The summed E-state index contributed by atoms with van der Waals surface area (Å²) >= 11 is 0. The molecule has 1 aromatic heterocycles. The van der Waals surface area contributed by atoms with Gasteiger partial charge >= 0.3 is 0 Å². The van der Waals surface area contributed by atoms with Crippen LogP contribution in [-0.2, 0) is 16.0 Å². The molecular weight excluding hydrogens is 444 g/mol. The lowest BCUT2D eigenvalue weighted by Crippen LogP contribution is -2.63. The molecule has 0 bridgehead atoms. The van der Waals surface area contributed by atoms with Gasteiger partial charge in [-0.1, -0.05) is 38.1 Å². The van der Waals surface area contributed by atoms with Crippen LogP contribution in [0.1, 0.15) is 36.7 Å². The lowest BCUT2D eigenvalue weighted by molar-refractivity contribution is -0.158. The fourth-order valence-corrected chi connectivity index (χ4v) is 5.74. The molecule has 182 valence electrons. The van der Waals surface area contributed by atoms with Crippen LogP contribution in [0.3, 0.4) is 0 Å². The molecule has 1 fully saturated rings. The molecule has 0 spiro atoms. The fourth-order valence-electron chi connectivity index (χ4n) is 5.74. The summed E-state index contributed by atoms with van der Waals surface area (Å²) in [4.78, 5) is 36.8. The van der Waals surface area contributed by atoms with Gasteiger partial charge in [-0.05, 0) is 42.4 Å². The largest absolute Gasteiger partial charge is 0.454 e. The van der Waals surface area contributed by atoms with E-state index in [1.807, 2.05) is 36.4 Å². The number of fused-ring (bicyclic) bond motifs is 5. The minimum atomic E-state index is -0.532. The molecule has 3 aromatic rings. The SMILES string of the molecule is CCN(CC)CCN1CC(=O)N2[C@@H](c3ccc4c(c3)OCO4)c3[nH]c4ccccc4c3C[C@@H]2C1=O. The summed E-state index contributed by atoms with van der Waals surface area (Å²) in [5.41, 5.74) is 4.00. The van der Waals surface area contributed by atoms with Gasteiger partial charge in [0.2, 0.25) is 18.6 Å². The molecule has 2 amide bonds. The van der Waals surface area contributed by atoms with E-state index in [0.29, 0.717) is 24.5 Å². The molecule has 35 heavy (non-hydrogen) atoms.